The molecule has 3 aromatic rings. The maximum atomic E-state index is 12.6. The molecule has 4 rings (SSSR count). The van der Waals surface area contributed by atoms with Gasteiger partial charge in [0.1, 0.15) is 0 Å². The van der Waals surface area contributed by atoms with E-state index in [-0.39, 0.29) is 11.6 Å². The molecule has 2 aromatic heterocycles. The van der Waals surface area contributed by atoms with Crippen LogP contribution in [-0.2, 0) is 24.8 Å². The summed E-state index contributed by atoms with van der Waals surface area (Å²) in [6.07, 6.45) is 4.01. The van der Waals surface area contributed by atoms with Crippen molar-refractivity contribution in [2.45, 2.75) is 32.7 Å². The van der Waals surface area contributed by atoms with Gasteiger partial charge in [-0.15, -0.1) is 0 Å². The fourth-order valence-corrected chi connectivity index (χ4v) is 4.13. The largest absolute Gasteiger partial charge is 0.342 e. The van der Waals surface area contributed by atoms with Gasteiger partial charge in [0.25, 0.3) is 0 Å². The van der Waals surface area contributed by atoms with Gasteiger partial charge in [-0.25, -0.2) is 9.78 Å². The number of carbonyl (C=O) groups excluding carboxylic acids is 1. The van der Waals surface area contributed by atoms with Crippen molar-refractivity contribution in [3.63, 3.8) is 0 Å². The molecule has 1 fully saturated rings. The monoisotopic (exact) mass is 378 g/mol. The SMILES string of the molecule is Cc1cccc(CC(=O)N2CCC(Cn3c(=O)n(C)c4cccnc43)CC2)c1. The van der Waals surface area contributed by atoms with E-state index in [2.05, 4.69) is 11.1 Å². The molecule has 6 heteroatoms. The maximum Gasteiger partial charge on any atom is 0.330 e. The average molecular weight is 378 g/mol. The molecule has 0 atom stereocenters. The zero-order chi connectivity index (χ0) is 19.7. The number of pyridine rings is 1. The summed E-state index contributed by atoms with van der Waals surface area (Å²) in [5.74, 6) is 0.571. The number of benzene rings is 1. The normalized spacial score (nSPS) is 15.3. The van der Waals surface area contributed by atoms with Crippen LogP contribution in [0.4, 0.5) is 0 Å². The quantitative estimate of drug-likeness (QED) is 0.701. The van der Waals surface area contributed by atoms with Gasteiger partial charge >= 0.3 is 5.69 Å². The van der Waals surface area contributed by atoms with Crippen molar-refractivity contribution in [1.29, 1.82) is 0 Å². The van der Waals surface area contributed by atoms with Crippen LogP contribution in [0.3, 0.4) is 0 Å². The van der Waals surface area contributed by atoms with E-state index in [1.54, 1.807) is 22.4 Å². The molecule has 0 unspecified atom stereocenters. The fraction of sp³-hybridized carbons (Fsp3) is 0.409. The minimum absolute atomic E-state index is 0.0216. The second-order valence-corrected chi connectivity index (χ2v) is 7.79. The summed E-state index contributed by atoms with van der Waals surface area (Å²) in [6.45, 7) is 4.21. The van der Waals surface area contributed by atoms with E-state index in [4.69, 9.17) is 0 Å². The van der Waals surface area contributed by atoms with Crippen molar-refractivity contribution in [2.24, 2.45) is 13.0 Å². The van der Waals surface area contributed by atoms with E-state index in [0.29, 0.717) is 18.9 Å². The van der Waals surface area contributed by atoms with E-state index in [0.717, 1.165) is 42.7 Å². The van der Waals surface area contributed by atoms with Crippen molar-refractivity contribution in [1.82, 2.24) is 19.0 Å². The van der Waals surface area contributed by atoms with Crippen LogP contribution in [0, 0.1) is 12.8 Å². The number of amides is 1. The van der Waals surface area contributed by atoms with Crippen LogP contribution in [0.25, 0.3) is 11.2 Å². The van der Waals surface area contributed by atoms with E-state index < -0.39 is 0 Å². The lowest BCUT2D eigenvalue weighted by atomic mass is 9.96. The molecular weight excluding hydrogens is 352 g/mol. The Hall–Kier alpha value is -2.89. The van der Waals surface area contributed by atoms with Crippen LogP contribution in [0.2, 0.25) is 0 Å². The van der Waals surface area contributed by atoms with Crippen LogP contribution in [-0.4, -0.2) is 38.0 Å². The van der Waals surface area contributed by atoms with E-state index in [1.165, 1.54) is 5.56 Å². The Balaban J connectivity index is 1.39. The Morgan fingerprint density at radius 3 is 2.71 bits per heavy atom. The van der Waals surface area contributed by atoms with Crippen LogP contribution < -0.4 is 5.69 Å². The summed E-state index contributed by atoms with van der Waals surface area (Å²) in [5, 5.41) is 0. The molecule has 1 saturated heterocycles. The highest BCUT2D eigenvalue weighted by atomic mass is 16.2. The third kappa shape index (κ3) is 3.59. The van der Waals surface area contributed by atoms with Crippen LogP contribution in [0.15, 0.2) is 47.4 Å². The van der Waals surface area contributed by atoms with Crippen molar-refractivity contribution in [2.75, 3.05) is 13.1 Å². The van der Waals surface area contributed by atoms with Crippen LogP contribution in [0.1, 0.15) is 24.0 Å². The van der Waals surface area contributed by atoms with Gasteiger partial charge in [0.05, 0.1) is 11.9 Å². The number of hydrogen-bond acceptors (Lipinski definition) is 3. The lowest BCUT2D eigenvalue weighted by molar-refractivity contribution is -0.131. The summed E-state index contributed by atoms with van der Waals surface area (Å²) in [7, 11) is 1.79. The van der Waals surface area contributed by atoms with Crippen molar-refractivity contribution in [3.8, 4) is 0 Å². The Bertz CT molecular complexity index is 1060. The van der Waals surface area contributed by atoms with Gasteiger partial charge in [-0.05, 0) is 43.4 Å². The molecule has 1 amide bonds. The molecule has 0 aliphatic carbocycles. The third-order valence-electron chi connectivity index (χ3n) is 5.75. The summed E-state index contributed by atoms with van der Waals surface area (Å²) >= 11 is 0. The number of carbonyl (C=O) groups is 1. The lowest BCUT2D eigenvalue weighted by Crippen LogP contribution is -2.40. The summed E-state index contributed by atoms with van der Waals surface area (Å²) in [4.78, 5) is 31.6. The molecule has 1 aliphatic rings. The third-order valence-corrected chi connectivity index (χ3v) is 5.75. The predicted molar refractivity (Wildman–Crippen MR) is 109 cm³/mol. The number of hydrogen-bond donors (Lipinski definition) is 0. The molecule has 0 bridgehead atoms. The van der Waals surface area contributed by atoms with Gasteiger partial charge in [0.2, 0.25) is 5.91 Å². The molecular formula is C22H26N4O2. The Kier molecular flexibility index (Phi) is 5.03. The molecule has 0 spiro atoms. The number of aryl methyl sites for hydroxylation is 2. The zero-order valence-electron chi connectivity index (χ0n) is 16.5. The second-order valence-electron chi connectivity index (χ2n) is 7.79. The van der Waals surface area contributed by atoms with E-state index in [9.17, 15) is 9.59 Å². The molecule has 0 N–H and O–H groups in total. The number of rotatable bonds is 4. The van der Waals surface area contributed by atoms with Gasteiger partial charge in [-0.1, -0.05) is 29.8 Å². The molecule has 146 valence electrons. The number of imidazole rings is 1. The van der Waals surface area contributed by atoms with Crippen molar-refractivity contribution in [3.05, 3.63) is 64.2 Å². The maximum absolute atomic E-state index is 12.6. The van der Waals surface area contributed by atoms with Crippen molar-refractivity contribution >= 4 is 17.1 Å². The number of nitrogens with zero attached hydrogens (tertiary/aromatic N) is 4. The number of fused-ring (bicyclic) bond motifs is 1. The number of likely N-dealkylation sites (tertiary alicyclic amines) is 1. The molecule has 1 aromatic carbocycles. The number of piperidine rings is 1. The molecule has 1 aliphatic heterocycles. The minimum Gasteiger partial charge on any atom is -0.342 e. The summed E-state index contributed by atoms with van der Waals surface area (Å²) in [5.41, 5.74) is 3.83. The first kappa shape index (κ1) is 18.5. The Morgan fingerprint density at radius 2 is 1.96 bits per heavy atom. The van der Waals surface area contributed by atoms with Gasteiger partial charge in [0, 0.05) is 32.9 Å². The van der Waals surface area contributed by atoms with E-state index >= 15 is 0 Å². The van der Waals surface area contributed by atoms with Crippen LogP contribution >= 0.6 is 0 Å². The average Bonchev–Trinajstić information content (AvgIpc) is 2.94. The van der Waals surface area contributed by atoms with Gasteiger partial charge in [0.15, 0.2) is 5.65 Å². The van der Waals surface area contributed by atoms with E-state index in [1.807, 2.05) is 42.2 Å². The Labute approximate surface area is 164 Å². The second kappa shape index (κ2) is 7.62. The highest BCUT2D eigenvalue weighted by molar-refractivity contribution is 5.79. The lowest BCUT2D eigenvalue weighted by Gasteiger charge is -2.32. The first-order chi connectivity index (χ1) is 13.5. The van der Waals surface area contributed by atoms with Crippen molar-refractivity contribution < 1.29 is 4.79 Å². The van der Waals surface area contributed by atoms with Gasteiger partial charge in [-0.2, -0.15) is 0 Å². The van der Waals surface area contributed by atoms with Gasteiger partial charge < -0.3 is 4.90 Å². The molecule has 28 heavy (non-hydrogen) atoms. The molecule has 0 saturated carbocycles. The number of aromatic nitrogens is 3. The first-order valence-corrected chi connectivity index (χ1v) is 9.86. The Morgan fingerprint density at radius 1 is 1.18 bits per heavy atom. The highest BCUT2D eigenvalue weighted by Gasteiger charge is 2.24. The topological polar surface area (TPSA) is 60.1 Å². The molecule has 6 nitrogen and oxygen atoms in total. The zero-order valence-corrected chi connectivity index (χ0v) is 16.5. The molecule has 3 heterocycles. The standard InChI is InChI=1S/C22H26N4O2/c1-16-5-3-6-18(13-16)14-20(27)25-11-8-17(9-12-25)15-26-21-19(7-4-10-23-21)24(2)22(26)28/h3-7,10,13,17H,8-9,11-12,14-15H2,1-2H3. The molecule has 0 radical (unpaired) electrons. The minimum atomic E-state index is -0.0216. The van der Waals surface area contributed by atoms with Crippen LogP contribution in [0.5, 0.6) is 0 Å². The summed E-state index contributed by atoms with van der Waals surface area (Å²) in [6, 6.07) is 11.9. The summed E-state index contributed by atoms with van der Waals surface area (Å²) < 4.78 is 3.44. The first-order valence-electron chi connectivity index (χ1n) is 9.86. The highest BCUT2D eigenvalue weighted by Crippen LogP contribution is 2.21. The predicted octanol–water partition coefficient (Wildman–Crippen LogP) is 2.52. The van der Waals surface area contributed by atoms with Gasteiger partial charge in [-0.3, -0.25) is 13.9 Å². The fourth-order valence-electron chi connectivity index (χ4n) is 4.13. The smallest absolute Gasteiger partial charge is 0.330 e.